The lowest BCUT2D eigenvalue weighted by Gasteiger charge is -2.17. The Balaban J connectivity index is 2.65. The Labute approximate surface area is 119 Å². The molecule has 0 spiro atoms. The molecule has 0 bridgehead atoms. The fourth-order valence-corrected chi connectivity index (χ4v) is 2.62. The minimum absolute atomic E-state index is 0.0555. The van der Waals surface area contributed by atoms with Crippen LogP contribution in [0.4, 0.5) is 0 Å². The van der Waals surface area contributed by atoms with Gasteiger partial charge in [0.25, 0.3) is 10.2 Å². The summed E-state index contributed by atoms with van der Waals surface area (Å²) in [7, 11) is -2.30. The van der Waals surface area contributed by atoms with Gasteiger partial charge in [-0.25, -0.2) is 0 Å². The van der Waals surface area contributed by atoms with E-state index in [0.29, 0.717) is 0 Å². The first kappa shape index (κ1) is 16.6. The molecule has 0 aliphatic heterocycles. The van der Waals surface area contributed by atoms with Gasteiger partial charge in [-0.15, -0.1) is 0 Å². The van der Waals surface area contributed by atoms with Crippen molar-refractivity contribution in [2.24, 2.45) is 0 Å². The number of nitrogens with zero attached hydrogens (tertiary/aromatic N) is 1. The van der Waals surface area contributed by atoms with Crippen molar-refractivity contribution in [1.29, 1.82) is 0 Å². The lowest BCUT2D eigenvalue weighted by atomic mass is 10.1. The van der Waals surface area contributed by atoms with E-state index < -0.39 is 16.2 Å². The van der Waals surface area contributed by atoms with Crippen LogP contribution in [-0.2, 0) is 28.0 Å². The van der Waals surface area contributed by atoms with Crippen molar-refractivity contribution in [2.75, 3.05) is 13.6 Å². The number of carboxylic acid groups (broad SMARTS) is 1. The molecule has 7 heteroatoms. The molecule has 0 aromatic heterocycles. The first-order valence-electron chi connectivity index (χ1n) is 6.36. The van der Waals surface area contributed by atoms with Gasteiger partial charge in [-0.05, 0) is 17.5 Å². The van der Waals surface area contributed by atoms with Gasteiger partial charge in [0.1, 0.15) is 0 Å². The average Bonchev–Trinajstić information content (AvgIpc) is 2.42. The molecule has 20 heavy (non-hydrogen) atoms. The molecule has 0 saturated heterocycles. The number of rotatable bonds is 8. The zero-order valence-corrected chi connectivity index (χ0v) is 12.5. The van der Waals surface area contributed by atoms with Crippen LogP contribution in [0, 0.1) is 0 Å². The number of hydrogen-bond donors (Lipinski definition) is 2. The molecule has 1 aromatic rings. The standard InChI is InChI=1S/C13H20N2O4S/c1-3-11-6-4-5-7-12(11)10-14-20(18,19)15(2)9-8-13(16)17/h4-7,14H,3,8-10H2,1-2H3,(H,16,17). The summed E-state index contributed by atoms with van der Waals surface area (Å²) in [5, 5.41) is 8.56. The topological polar surface area (TPSA) is 86.7 Å². The van der Waals surface area contributed by atoms with Crippen LogP contribution in [0.25, 0.3) is 0 Å². The van der Waals surface area contributed by atoms with E-state index in [1.54, 1.807) is 0 Å². The van der Waals surface area contributed by atoms with E-state index in [0.717, 1.165) is 21.9 Å². The summed E-state index contributed by atoms with van der Waals surface area (Å²) in [6.07, 6.45) is 0.607. The Morgan fingerprint density at radius 3 is 2.45 bits per heavy atom. The fourth-order valence-electron chi connectivity index (χ4n) is 1.73. The summed E-state index contributed by atoms with van der Waals surface area (Å²) in [6.45, 7) is 2.15. The summed E-state index contributed by atoms with van der Waals surface area (Å²) < 4.78 is 27.4. The highest BCUT2D eigenvalue weighted by molar-refractivity contribution is 7.87. The number of hydrogen-bond acceptors (Lipinski definition) is 3. The molecule has 0 aliphatic rings. The molecule has 6 nitrogen and oxygen atoms in total. The van der Waals surface area contributed by atoms with Crippen molar-refractivity contribution in [3.63, 3.8) is 0 Å². The predicted molar refractivity (Wildman–Crippen MR) is 76.5 cm³/mol. The summed E-state index contributed by atoms with van der Waals surface area (Å²) >= 11 is 0. The monoisotopic (exact) mass is 300 g/mol. The van der Waals surface area contributed by atoms with Crippen molar-refractivity contribution >= 4 is 16.2 Å². The van der Waals surface area contributed by atoms with Gasteiger partial charge in [-0.1, -0.05) is 31.2 Å². The van der Waals surface area contributed by atoms with Gasteiger partial charge in [-0.3, -0.25) is 4.79 Å². The smallest absolute Gasteiger partial charge is 0.304 e. The number of aryl methyl sites for hydroxylation is 1. The van der Waals surface area contributed by atoms with Gasteiger partial charge in [0.2, 0.25) is 0 Å². The Morgan fingerprint density at radius 1 is 1.30 bits per heavy atom. The first-order chi connectivity index (χ1) is 9.36. The minimum atomic E-state index is -3.66. The van der Waals surface area contributed by atoms with E-state index in [4.69, 9.17) is 5.11 Å². The second-order valence-electron chi connectivity index (χ2n) is 4.41. The summed E-state index contributed by atoms with van der Waals surface area (Å²) in [6, 6.07) is 7.60. The van der Waals surface area contributed by atoms with Crippen LogP contribution in [0.15, 0.2) is 24.3 Å². The quantitative estimate of drug-likeness (QED) is 0.749. The molecule has 1 aromatic carbocycles. The van der Waals surface area contributed by atoms with Gasteiger partial charge in [-0.2, -0.15) is 17.4 Å². The zero-order valence-electron chi connectivity index (χ0n) is 11.7. The molecular formula is C13H20N2O4S. The normalized spacial score (nSPS) is 11.8. The van der Waals surface area contributed by atoms with Crippen LogP contribution in [-0.4, -0.2) is 37.4 Å². The zero-order chi connectivity index (χ0) is 15.2. The van der Waals surface area contributed by atoms with E-state index in [9.17, 15) is 13.2 Å². The van der Waals surface area contributed by atoms with Gasteiger partial charge < -0.3 is 5.11 Å². The number of carboxylic acids is 1. The molecule has 0 aliphatic carbocycles. The number of nitrogens with one attached hydrogen (secondary N) is 1. The fraction of sp³-hybridized carbons (Fsp3) is 0.462. The Morgan fingerprint density at radius 2 is 1.90 bits per heavy atom. The summed E-state index contributed by atoms with van der Waals surface area (Å²) in [5.41, 5.74) is 2.01. The van der Waals surface area contributed by atoms with Gasteiger partial charge in [0.05, 0.1) is 6.42 Å². The maximum atomic E-state index is 11.9. The highest BCUT2D eigenvalue weighted by atomic mass is 32.2. The van der Waals surface area contributed by atoms with Crippen molar-refractivity contribution in [3.05, 3.63) is 35.4 Å². The molecule has 0 saturated carbocycles. The van der Waals surface area contributed by atoms with Gasteiger partial charge in [0, 0.05) is 20.1 Å². The minimum Gasteiger partial charge on any atom is -0.481 e. The average molecular weight is 300 g/mol. The molecule has 0 atom stereocenters. The highest BCUT2D eigenvalue weighted by Gasteiger charge is 2.18. The SMILES string of the molecule is CCc1ccccc1CNS(=O)(=O)N(C)CCC(=O)O. The maximum absolute atomic E-state index is 11.9. The van der Waals surface area contributed by atoms with Crippen molar-refractivity contribution < 1.29 is 18.3 Å². The lowest BCUT2D eigenvalue weighted by Crippen LogP contribution is -2.39. The lowest BCUT2D eigenvalue weighted by molar-refractivity contribution is -0.137. The molecule has 0 amide bonds. The Kier molecular flexibility index (Phi) is 6.12. The Bertz CT molecular complexity index is 557. The van der Waals surface area contributed by atoms with E-state index in [2.05, 4.69) is 4.72 Å². The Hall–Kier alpha value is -1.44. The first-order valence-corrected chi connectivity index (χ1v) is 7.80. The molecule has 0 heterocycles. The molecule has 0 fully saturated rings. The molecule has 0 unspecified atom stereocenters. The predicted octanol–water partition coefficient (Wildman–Crippen LogP) is 0.990. The van der Waals surface area contributed by atoms with E-state index in [1.807, 2.05) is 31.2 Å². The van der Waals surface area contributed by atoms with E-state index in [1.165, 1.54) is 7.05 Å². The second kappa shape index (κ2) is 7.37. The third kappa shape index (κ3) is 4.92. The molecule has 1 rings (SSSR count). The van der Waals surface area contributed by atoms with Gasteiger partial charge >= 0.3 is 5.97 Å². The van der Waals surface area contributed by atoms with E-state index in [-0.39, 0.29) is 19.5 Å². The highest BCUT2D eigenvalue weighted by Crippen LogP contribution is 2.10. The largest absolute Gasteiger partial charge is 0.481 e. The summed E-state index contributed by atoms with van der Waals surface area (Å²) in [5.74, 6) is -1.02. The molecule has 112 valence electrons. The third-order valence-electron chi connectivity index (χ3n) is 3.00. The van der Waals surface area contributed by atoms with Crippen molar-refractivity contribution in [3.8, 4) is 0 Å². The molecule has 0 radical (unpaired) electrons. The van der Waals surface area contributed by atoms with Gasteiger partial charge in [0.15, 0.2) is 0 Å². The molecular weight excluding hydrogens is 280 g/mol. The van der Waals surface area contributed by atoms with E-state index >= 15 is 0 Å². The summed E-state index contributed by atoms with van der Waals surface area (Å²) in [4.78, 5) is 10.5. The second-order valence-corrected chi connectivity index (χ2v) is 6.28. The van der Waals surface area contributed by atoms with Crippen LogP contribution in [0.2, 0.25) is 0 Å². The van der Waals surface area contributed by atoms with Crippen molar-refractivity contribution in [2.45, 2.75) is 26.3 Å². The number of aliphatic carboxylic acids is 1. The van der Waals surface area contributed by atoms with Crippen LogP contribution < -0.4 is 4.72 Å². The van der Waals surface area contributed by atoms with Crippen LogP contribution >= 0.6 is 0 Å². The molecule has 2 N–H and O–H groups in total. The third-order valence-corrected chi connectivity index (χ3v) is 4.51. The number of benzene rings is 1. The van der Waals surface area contributed by atoms with Crippen LogP contribution in [0.5, 0.6) is 0 Å². The van der Waals surface area contributed by atoms with Crippen LogP contribution in [0.1, 0.15) is 24.5 Å². The van der Waals surface area contributed by atoms with Crippen LogP contribution in [0.3, 0.4) is 0 Å². The van der Waals surface area contributed by atoms with Crippen molar-refractivity contribution in [1.82, 2.24) is 9.03 Å². The maximum Gasteiger partial charge on any atom is 0.304 e. The number of carbonyl (C=O) groups is 1.